The van der Waals surface area contributed by atoms with Crippen LogP contribution in [-0.2, 0) is 9.59 Å². The van der Waals surface area contributed by atoms with E-state index in [9.17, 15) is 14.0 Å². The molecule has 0 aromatic heterocycles. The minimum Gasteiger partial charge on any atom is -0.318 e. The zero-order valence-electron chi connectivity index (χ0n) is 13.1. The van der Waals surface area contributed by atoms with Gasteiger partial charge < -0.3 is 5.32 Å². The second kappa shape index (κ2) is 7.70. The summed E-state index contributed by atoms with van der Waals surface area (Å²) >= 11 is 5.82. The Morgan fingerprint density at radius 3 is 2.42 bits per heavy atom. The Balaban J connectivity index is 1.99. The lowest BCUT2D eigenvalue weighted by Crippen LogP contribution is -2.32. The maximum Gasteiger partial charge on any atom is 0.329 e. The number of anilines is 1. The maximum absolute atomic E-state index is 13.5. The van der Waals surface area contributed by atoms with Crippen molar-refractivity contribution in [3.05, 3.63) is 63.9 Å². The Kier molecular flexibility index (Phi) is 5.65. The van der Waals surface area contributed by atoms with Crippen LogP contribution < -0.4 is 10.7 Å². The third-order valence-electron chi connectivity index (χ3n) is 3.05. The Morgan fingerprint density at radius 1 is 1.12 bits per heavy atom. The summed E-state index contributed by atoms with van der Waals surface area (Å²) in [5.41, 5.74) is 4.47. The van der Waals surface area contributed by atoms with Crippen molar-refractivity contribution in [3.63, 3.8) is 0 Å². The molecule has 2 aromatic carbocycles. The van der Waals surface area contributed by atoms with Crippen molar-refractivity contribution in [3.8, 4) is 0 Å². The van der Waals surface area contributed by atoms with E-state index in [0.29, 0.717) is 5.69 Å². The van der Waals surface area contributed by atoms with E-state index in [1.807, 2.05) is 25.3 Å². The van der Waals surface area contributed by atoms with E-state index in [0.717, 1.165) is 17.3 Å². The molecule has 0 spiro atoms. The second-order valence-electron chi connectivity index (χ2n) is 5.16. The smallest absolute Gasteiger partial charge is 0.318 e. The summed E-state index contributed by atoms with van der Waals surface area (Å²) in [6.07, 6.45) is 1.04. The van der Waals surface area contributed by atoms with E-state index in [4.69, 9.17) is 11.6 Å². The minimum atomic E-state index is -0.974. The van der Waals surface area contributed by atoms with Crippen LogP contribution in [0.5, 0.6) is 0 Å². The number of hydrazone groups is 1. The molecule has 2 N–H and O–H groups in total. The van der Waals surface area contributed by atoms with Gasteiger partial charge in [0.25, 0.3) is 0 Å². The fourth-order valence-electron chi connectivity index (χ4n) is 2.07. The molecular formula is C17H15ClFN3O2. The molecule has 0 atom stereocenters. The molecule has 0 bridgehead atoms. The molecule has 0 saturated heterocycles. The SMILES string of the molecule is Cc1cc(C)cc(NC(=O)C(=O)N/N=C\c2c(F)cccc2Cl)c1. The molecule has 2 amide bonds. The molecule has 2 aromatic rings. The van der Waals surface area contributed by atoms with Gasteiger partial charge in [-0.2, -0.15) is 5.10 Å². The quantitative estimate of drug-likeness (QED) is 0.508. The van der Waals surface area contributed by atoms with E-state index in [2.05, 4.69) is 10.4 Å². The third kappa shape index (κ3) is 4.63. The minimum absolute atomic E-state index is 0.0224. The topological polar surface area (TPSA) is 70.6 Å². The van der Waals surface area contributed by atoms with Crippen LogP contribution in [0.3, 0.4) is 0 Å². The van der Waals surface area contributed by atoms with Crippen molar-refractivity contribution in [2.75, 3.05) is 5.32 Å². The standard InChI is InChI=1S/C17H15ClFN3O2/c1-10-6-11(2)8-12(7-10)21-16(23)17(24)22-20-9-13-14(18)4-3-5-15(13)19/h3-9H,1-2H3,(H,21,23)(H,22,24)/b20-9-. The molecule has 5 nitrogen and oxygen atoms in total. The van der Waals surface area contributed by atoms with Crippen molar-refractivity contribution < 1.29 is 14.0 Å². The first-order chi connectivity index (χ1) is 11.4. The highest BCUT2D eigenvalue weighted by atomic mass is 35.5. The molecular weight excluding hydrogens is 333 g/mol. The van der Waals surface area contributed by atoms with Gasteiger partial charge in [0.1, 0.15) is 5.82 Å². The molecule has 0 aliphatic heterocycles. The number of benzene rings is 2. The molecule has 124 valence electrons. The molecule has 7 heteroatoms. The molecule has 0 fully saturated rings. The van der Waals surface area contributed by atoms with Crippen molar-refractivity contribution in [2.24, 2.45) is 5.10 Å². The summed E-state index contributed by atoms with van der Waals surface area (Å²) in [4.78, 5) is 23.5. The average molecular weight is 348 g/mol. The van der Waals surface area contributed by atoms with Crippen molar-refractivity contribution >= 4 is 35.3 Å². The normalized spacial score (nSPS) is 10.7. The largest absolute Gasteiger partial charge is 0.329 e. The molecule has 0 unspecified atom stereocenters. The lowest BCUT2D eigenvalue weighted by molar-refractivity contribution is -0.136. The summed E-state index contributed by atoms with van der Waals surface area (Å²) in [5, 5.41) is 6.17. The molecule has 24 heavy (non-hydrogen) atoms. The summed E-state index contributed by atoms with van der Waals surface area (Å²) < 4.78 is 13.5. The molecule has 0 aliphatic rings. The average Bonchev–Trinajstić information content (AvgIpc) is 2.49. The van der Waals surface area contributed by atoms with Gasteiger partial charge in [0.2, 0.25) is 0 Å². The van der Waals surface area contributed by atoms with Gasteiger partial charge in [0, 0.05) is 11.3 Å². The van der Waals surface area contributed by atoms with Gasteiger partial charge in [-0.3, -0.25) is 9.59 Å². The molecule has 2 rings (SSSR count). The van der Waals surface area contributed by atoms with Crippen molar-refractivity contribution in [1.29, 1.82) is 0 Å². The lowest BCUT2D eigenvalue weighted by atomic mass is 10.1. The van der Waals surface area contributed by atoms with Gasteiger partial charge in [0.05, 0.1) is 11.2 Å². The van der Waals surface area contributed by atoms with Crippen LogP contribution in [-0.4, -0.2) is 18.0 Å². The van der Waals surface area contributed by atoms with Gasteiger partial charge >= 0.3 is 11.8 Å². The van der Waals surface area contributed by atoms with E-state index in [1.165, 1.54) is 18.2 Å². The van der Waals surface area contributed by atoms with E-state index < -0.39 is 17.6 Å². The van der Waals surface area contributed by atoms with Gasteiger partial charge in [-0.05, 0) is 49.2 Å². The van der Waals surface area contributed by atoms with E-state index in [1.54, 1.807) is 12.1 Å². The Bertz CT molecular complexity index is 781. The van der Waals surface area contributed by atoms with Crippen LogP contribution in [0.15, 0.2) is 41.5 Å². The third-order valence-corrected chi connectivity index (χ3v) is 3.37. The molecule has 0 heterocycles. The van der Waals surface area contributed by atoms with Gasteiger partial charge in [0.15, 0.2) is 0 Å². The predicted octanol–water partition coefficient (Wildman–Crippen LogP) is 3.18. The van der Waals surface area contributed by atoms with Crippen LogP contribution in [0.4, 0.5) is 10.1 Å². The first-order valence-electron chi connectivity index (χ1n) is 7.03. The fraction of sp³-hybridized carbons (Fsp3) is 0.118. The van der Waals surface area contributed by atoms with Crippen molar-refractivity contribution in [1.82, 2.24) is 5.43 Å². The Hall–Kier alpha value is -2.73. The van der Waals surface area contributed by atoms with E-state index >= 15 is 0 Å². The molecule has 0 saturated carbocycles. The number of carbonyl (C=O) groups excluding carboxylic acids is 2. The van der Waals surface area contributed by atoms with Gasteiger partial charge in [-0.25, -0.2) is 9.82 Å². The monoisotopic (exact) mass is 347 g/mol. The predicted molar refractivity (Wildman–Crippen MR) is 91.7 cm³/mol. The number of amides is 2. The zero-order chi connectivity index (χ0) is 17.7. The summed E-state index contributed by atoms with van der Waals surface area (Å²) in [5.74, 6) is -2.44. The number of hydrogen-bond acceptors (Lipinski definition) is 3. The van der Waals surface area contributed by atoms with Crippen molar-refractivity contribution in [2.45, 2.75) is 13.8 Å². The number of nitrogens with one attached hydrogen (secondary N) is 2. The number of halogens is 2. The van der Waals surface area contributed by atoms with E-state index in [-0.39, 0.29) is 10.6 Å². The maximum atomic E-state index is 13.5. The van der Waals surface area contributed by atoms with Crippen LogP contribution in [0.25, 0.3) is 0 Å². The number of aryl methyl sites for hydroxylation is 2. The first-order valence-corrected chi connectivity index (χ1v) is 7.41. The highest BCUT2D eigenvalue weighted by Gasteiger charge is 2.13. The van der Waals surface area contributed by atoms with Gasteiger partial charge in [-0.15, -0.1) is 0 Å². The molecule has 0 aliphatic carbocycles. The fourth-order valence-corrected chi connectivity index (χ4v) is 2.29. The first kappa shape index (κ1) is 17.6. The second-order valence-corrected chi connectivity index (χ2v) is 5.57. The Morgan fingerprint density at radius 2 is 1.79 bits per heavy atom. The summed E-state index contributed by atoms with van der Waals surface area (Å²) in [7, 11) is 0. The Labute approximate surface area is 143 Å². The summed E-state index contributed by atoms with van der Waals surface area (Å²) in [6.45, 7) is 3.76. The van der Waals surface area contributed by atoms with Crippen LogP contribution in [0.1, 0.15) is 16.7 Å². The number of rotatable bonds is 3. The van der Waals surface area contributed by atoms with Crippen LogP contribution in [0, 0.1) is 19.7 Å². The lowest BCUT2D eigenvalue weighted by Gasteiger charge is -2.06. The molecule has 0 radical (unpaired) electrons. The zero-order valence-corrected chi connectivity index (χ0v) is 13.8. The van der Waals surface area contributed by atoms with Gasteiger partial charge in [-0.1, -0.05) is 23.7 Å². The number of carbonyl (C=O) groups is 2. The van der Waals surface area contributed by atoms with Crippen LogP contribution in [0.2, 0.25) is 5.02 Å². The number of hydrogen-bond donors (Lipinski definition) is 2. The highest BCUT2D eigenvalue weighted by Crippen LogP contribution is 2.16. The highest BCUT2D eigenvalue weighted by molar-refractivity contribution is 6.39. The number of nitrogens with zero attached hydrogens (tertiary/aromatic N) is 1. The van der Waals surface area contributed by atoms with Crippen LogP contribution >= 0.6 is 11.6 Å². The summed E-state index contributed by atoms with van der Waals surface area (Å²) in [6, 6.07) is 9.56.